The van der Waals surface area contributed by atoms with E-state index in [1.807, 2.05) is 0 Å². The second-order valence-corrected chi connectivity index (χ2v) is 4.40. The average Bonchev–Trinajstić information content (AvgIpc) is 3.04. The third-order valence-electron chi connectivity index (χ3n) is 2.89. The number of aromatic nitrogens is 3. The Morgan fingerprint density at radius 1 is 1.22 bits per heavy atom. The van der Waals surface area contributed by atoms with Gasteiger partial charge in [-0.2, -0.15) is 0 Å². The normalized spacial score (nSPS) is 11.4. The van der Waals surface area contributed by atoms with E-state index in [1.165, 1.54) is 24.5 Å². The van der Waals surface area contributed by atoms with Crippen molar-refractivity contribution >= 4 is 17.5 Å². The van der Waals surface area contributed by atoms with Crippen LogP contribution in [-0.4, -0.2) is 26.0 Å². The number of anilines is 2. The number of rotatable bonds is 4. The van der Waals surface area contributed by atoms with E-state index in [0.717, 1.165) is 6.20 Å². The zero-order valence-corrected chi connectivity index (χ0v) is 11.6. The molecule has 0 saturated heterocycles. The fourth-order valence-corrected chi connectivity index (χ4v) is 1.84. The van der Waals surface area contributed by atoms with Gasteiger partial charge in [0.05, 0.1) is 18.1 Å². The molecule has 0 radical (unpaired) electrons. The van der Waals surface area contributed by atoms with E-state index >= 15 is 0 Å². The smallest absolute Gasteiger partial charge is 0.299 e. The van der Waals surface area contributed by atoms with E-state index in [-0.39, 0.29) is 17.5 Å². The number of nitrogens with one attached hydrogen (secondary N) is 1. The van der Waals surface area contributed by atoms with Gasteiger partial charge in [0.25, 0.3) is 6.01 Å². The second-order valence-electron chi connectivity index (χ2n) is 4.40. The number of hydrogen-bond donors (Lipinski definition) is 3. The second kappa shape index (κ2) is 6.10. The molecule has 8 nitrogen and oxygen atoms in total. The molecule has 3 aromatic heterocycles. The first-order chi connectivity index (χ1) is 11.2. The van der Waals surface area contributed by atoms with Crippen molar-refractivity contribution in [2.75, 3.05) is 5.32 Å². The van der Waals surface area contributed by atoms with Crippen LogP contribution in [0.1, 0.15) is 5.69 Å². The Morgan fingerprint density at radius 2 is 2.09 bits per heavy atom. The zero-order valence-electron chi connectivity index (χ0n) is 11.6. The summed E-state index contributed by atoms with van der Waals surface area (Å²) < 4.78 is 18.4. The molecule has 0 saturated carbocycles. The molecule has 3 rings (SSSR count). The van der Waals surface area contributed by atoms with Crippen LogP contribution >= 0.6 is 0 Å². The van der Waals surface area contributed by atoms with Crippen LogP contribution in [0.4, 0.5) is 16.1 Å². The van der Waals surface area contributed by atoms with Gasteiger partial charge in [-0.1, -0.05) is 5.16 Å². The molecule has 0 unspecified atom stereocenters. The van der Waals surface area contributed by atoms with Gasteiger partial charge in [-0.15, -0.1) is 0 Å². The molecule has 0 aliphatic heterocycles. The standard InChI is InChI=1S/C14H11FN6O2/c15-8-3-4-9(18-6-8)11-7-19-14(23-11)20-10-2-1-5-17-12(10)13(16)21-22/h1-7,22H,(H2,16,21)(H,19,20). The van der Waals surface area contributed by atoms with Crippen molar-refractivity contribution < 1.29 is 14.0 Å². The van der Waals surface area contributed by atoms with E-state index in [2.05, 4.69) is 25.4 Å². The van der Waals surface area contributed by atoms with Gasteiger partial charge in [-0.25, -0.2) is 14.4 Å². The fourth-order valence-electron chi connectivity index (χ4n) is 1.84. The lowest BCUT2D eigenvalue weighted by Gasteiger charge is -2.06. The van der Waals surface area contributed by atoms with Crippen LogP contribution in [0.5, 0.6) is 0 Å². The zero-order chi connectivity index (χ0) is 16.2. The summed E-state index contributed by atoms with van der Waals surface area (Å²) in [6.45, 7) is 0. The van der Waals surface area contributed by atoms with Gasteiger partial charge in [-0.05, 0) is 24.3 Å². The Hall–Kier alpha value is -3.49. The molecule has 0 aliphatic carbocycles. The van der Waals surface area contributed by atoms with Crippen LogP contribution in [0.25, 0.3) is 11.5 Å². The van der Waals surface area contributed by atoms with Crippen LogP contribution in [0.15, 0.2) is 52.4 Å². The Morgan fingerprint density at radius 3 is 2.83 bits per heavy atom. The molecule has 9 heteroatoms. The minimum Gasteiger partial charge on any atom is -0.422 e. The number of amidine groups is 1. The highest BCUT2D eigenvalue weighted by Gasteiger charge is 2.12. The topological polar surface area (TPSA) is 122 Å². The summed E-state index contributed by atoms with van der Waals surface area (Å²) in [7, 11) is 0. The SMILES string of the molecule is NC(=NO)c1ncccc1Nc1ncc(-c2ccc(F)cn2)o1. The van der Waals surface area contributed by atoms with Gasteiger partial charge in [-0.3, -0.25) is 4.98 Å². The lowest BCUT2D eigenvalue weighted by atomic mass is 10.3. The number of oxazole rings is 1. The summed E-state index contributed by atoms with van der Waals surface area (Å²) in [4.78, 5) is 12.0. The summed E-state index contributed by atoms with van der Waals surface area (Å²) in [5, 5.41) is 14.6. The molecule has 0 amide bonds. The minimum absolute atomic E-state index is 0.153. The van der Waals surface area contributed by atoms with E-state index < -0.39 is 5.82 Å². The number of halogens is 1. The van der Waals surface area contributed by atoms with Crippen molar-refractivity contribution in [1.29, 1.82) is 0 Å². The maximum absolute atomic E-state index is 12.9. The summed E-state index contributed by atoms with van der Waals surface area (Å²) in [6.07, 6.45) is 4.03. The molecule has 116 valence electrons. The average molecular weight is 314 g/mol. The maximum Gasteiger partial charge on any atom is 0.299 e. The monoisotopic (exact) mass is 314 g/mol. The molecule has 0 fully saturated rings. The van der Waals surface area contributed by atoms with Gasteiger partial charge in [0.15, 0.2) is 11.6 Å². The minimum atomic E-state index is -0.439. The maximum atomic E-state index is 12.9. The highest BCUT2D eigenvalue weighted by Crippen LogP contribution is 2.24. The highest BCUT2D eigenvalue weighted by atomic mass is 19.1. The third kappa shape index (κ3) is 3.07. The Balaban J connectivity index is 1.87. The van der Waals surface area contributed by atoms with Crippen molar-refractivity contribution in [1.82, 2.24) is 15.0 Å². The van der Waals surface area contributed by atoms with Crippen molar-refractivity contribution in [3.8, 4) is 11.5 Å². The predicted octanol–water partition coefficient (Wildman–Crippen LogP) is 2.11. The third-order valence-corrected chi connectivity index (χ3v) is 2.89. The molecular formula is C14H11FN6O2. The molecular weight excluding hydrogens is 303 g/mol. The molecule has 4 N–H and O–H groups in total. The molecule has 23 heavy (non-hydrogen) atoms. The van der Waals surface area contributed by atoms with Gasteiger partial charge in [0.2, 0.25) is 0 Å². The number of pyridine rings is 2. The molecule has 0 atom stereocenters. The van der Waals surface area contributed by atoms with Crippen LogP contribution in [0.3, 0.4) is 0 Å². The van der Waals surface area contributed by atoms with Crippen molar-refractivity contribution in [2.45, 2.75) is 0 Å². The summed E-state index contributed by atoms with van der Waals surface area (Å²) in [6, 6.07) is 6.25. The largest absolute Gasteiger partial charge is 0.422 e. The first-order valence-corrected chi connectivity index (χ1v) is 6.45. The van der Waals surface area contributed by atoms with Gasteiger partial charge in [0.1, 0.15) is 17.2 Å². The van der Waals surface area contributed by atoms with E-state index in [0.29, 0.717) is 17.1 Å². The van der Waals surface area contributed by atoms with Crippen LogP contribution in [-0.2, 0) is 0 Å². The van der Waals surface area contributed by atoms with E-state index in [4.69, 9.17) is 15.4 Å². The number of hydrogen-bond acceptors (Lipinski definition) is 7. The molecule has 0 spiro atoms. The Kier molecular flexibility index (Phi) is 3.83. The first kappa shape index (κ1) is 14.4. The van der Waals surface area contributed by atoms with Crippen LogP contribution < -0.4 is 11.1 Å². The number of nitrogens with zero attached hydrogens (tertiary/aromatic N) is 4. The van der Waals surface area contributed by atoms with E-state index in [9.17, 15) is 4.39 Å². The lowest BCUT2D eigenvalue weighted by molar-refractivity contribution is 0.318. The summed E-state index contributed by atoms with van der Waals surface area (Å²) >= 11 is 0. The fraction of sp³-hybridized carbons (Fsp3) is 0. The van der Waals surface area contributed by atoms with E-state index in [1.54, 1.807) is 12.1 Å². The Labute approximate surface area is 129 Å². The van der Waals surface area contributed by atoms with Gasteiger partial charge in [0, 0.05) is 6.20 Å². The molecule has 3 aromatic rings. The van der Waals surface area contributed by atoms with Crippen molar-refractivity contribution in [3.05, 3.63) is 54.4 Å². The first-order valence-electron chi connectivity index (χ1n) is 6.45. The van der Waals surface area contributed by atoms with Gasteiger partial charge >= 0.3 is 0 Å². The highest BCUT2D eigenvalue weighted by molar-refractivity contribution is 6.00. The quantitative estimate of drug-likeness (QED) is 0.292. The summed E-state index contributed by atoms with van der Waals surface area (Å²) in [5.41, 5.74) is 6.69. The molecule has 0 aliphatic rings. The van der Waals surface area contributed by atoms with Gasteiger partial charge < -0.3 is 20.7 Å². The van der Waals surface area contributed by atoms with Crippen LogP contribution in [0, 0.1) is 5.82 Å². The lowest BCUT2D eigenvalue weighted by Crippen LogP contribution is -2.16. The molecule has 0 aromatic carbocycles. The molecule has 0 bridgehead atoms. The number of nitrogens with two attached hydrogens (primary N) is 1. The predicted molar refractivity (Wildman–Crippen MR) is 79.7 cm³/mol. The summed E-state index contributed by atoms with van der Waals surface area (Å²) in [5.74, 6) is -0.229. The molecule has 3 heterocycles. The van der Waals surface area contributed by atoms with Crippen molar-refractivity contribution in [3.63, 3.8) is 0 Å². The number of oxime groups is 1. The van der Waals surface area contributed by atoms with Crippen LogP contribution in [0.2, 0.25) is 0 Å². The van der Waals surface area contributed by atoms with Crippen molar-refractivity contribution in [2.24, 2.45) is 10.9 Å². The Bertz CT molecular complexity index is 846.